The molecule has 0 fully saturated rings. The van der Waals surface area contributed by atoms with Crippen LogP contribution in [0.2, 0.25) is 0 Å². The molecule has 8 nitrogen and oxygen atoms in total. The molecule has 0 radical (unpaired) electrons. The predicted octanol–water partition coefficient (Wildman–Crippen LogP) is 2.50. The number of carbonyl (C=O) groups excluding carboxylic acids is 1. The highest BCUT2D eigenvalue weighted by molar-refractivity contribution is 7.89. The van der Waals surface area contributed by atoms with E-state index in [-0.39, 0.29) is 16.2 Å². The quantitative estimate of drug-likeness (QED) is 0.644. The van der Waals surface area contributed by atoms with Crippen LogP contribution >= 0.6 is 0 Å². The van der Waals surface area contributed by atoms with Crippen molar-refractivity contribution in [3.63, 3.8) is 0 Å². The van der Waals surface area contributed by atoms with Crippen LogP contribution in [-0.4, -0.2) is 42.2 Å². The van der Waals surface area contributed by atoms with Gasteiger partial charge in [0.2, 0.25) is 10.0 Å². The van der Waals surface area contributed by atoms with Crippen LogP contribution in [0.5, 0.6) is 17.2 Å². The Morgan fingerprint density at radius 2 is 1.66 bits per heavy atom. The van der Waals surface area contributed by atoms with Crippen molar-refractivity contribution in [1.82, 2.24) is 10.0 Å². The summed E-state index contributed by atoms with van der Waals surface area (Å²) in [7, 11) is 0.525. The Balaban J connectivity index is 2.39. The van der Waals surface area contributed by atoms with Crippen molar-refractivity contribution in [3.05, 3.63) is 47.5 Å². The molecular weight excluding hydrogens is 396 g/mol. The topological polar surface area (TPSA) is 103 Å². The van der Waals surface area contributed by atoms with Crippen LogP contribution in [0.1, 0.15) is 35.8 Å². The second-order valence-electron chi connectivity index (χ2n) is 6.17. The average Bonchev–Trinajstić information content (AvgIpc) is 2.72. The number of carbonyl (C=O) groups is 1. The van der Waals surface area contributed by atoms with E-state index in [4.69, 9.17) is 14.2 Å². The smallest absolute Gasteiger partial charge is 0.255 e. The summed E-state index contributed by atoms with van der Waals surface area (Å²) >= 11 is 0. The number of rotatable bonds is 9. The summed E-state index contributed by atoms with van der Waals surface area (Å²) in [5.74, 6) is 0.981. The van der Waals surface area contributed by atoms with Crippen molar-refractivity contribution < 1.29 is 27.4 Å². The largest absolute Gasteiger partial charge is 0.497 e. The normalized spacial score (nSPS) is 12.2. The molecule has 0 aliphatic carbocycles. The van der Waals surface area contributed by atoms with E-state index in [9.17, 15) is 13.2 Å². The summed E-state index contributed by atoms with van der Waals surface area (Å²) in [6.07, 6.45) is 0. The van der Waals surface area contributed by atoms with Gasteiger partial charge in [-0.15, -0.1) is 0 Å². The minimum absolute atomic E-state index is 0.0479. The fourth-order valence-electron chi connectivity index (χ4n) is 2.83. The molecule has 2 N–H and O–H groups in total. The van der Waals surface area contributed by atoms with Gasteiger partial charge in [0.05, 0.1) is 31.8 Å². The summed E-state index contributed by atoms with van der Waals surface area (Å²) < 4.78 is 44.2. The molecule has 1 atom stereocenters. The third-order valence-electron chi connectivity index (χ3n) is 4.30. The molecule has 2 aromatic rings. The lowest BCUT2D eigenvalue weighted by molar-refractivity contribution is 0.0952. The van der Waals surface area contributed by atoms with Gasteiger partial charge in [-0.2, -0.15) is 0 Å². The molecule has 0 spiro atoms. The van der Waals surface area contributed by atoms with E-state index in [2.05, 4.69) is 10.0 Å². The predicted molar refractivity (Wildman–Crippen MR) is 109 cm³/mol. The number of amides is 1. The van der Waals surface area contributed by atoms with Gasteiger partial charge in [0.1, 0.15) is 17.2 Å². The molecule has 0 aliphatic rings. The van der Waals surface area contributed by atoms with Crippen LogP contribution in [0.4, 0.5) is 0 Å². The minimum Gasteiger partial charge on any atom is -0.497 e. The third kappa shape index (κ3) is 5.18. The van der Waals surface area contributed by atoms with E-state index >= 15 is 0 Å². The molecule has 0 heterocycles. The summed E-state index contributed by atoms with van der Waals surface area (Å²) in [6, 6.07) is 8.67. The molecule has 29 heavy (non-hydrogen) atoms. The van der Waals surface area contributed by atoms with E-state index in [0.717, 1.165) is 0 Å². The number of nitrogens with one attached hydrogen (secondary N) is 2. The first kappa shape index (κ1) is 22.5. The molecule has 1 amide bonds. The molecule has 0 aliphatic heterocycles. The van der Waals surface area contributed by atoms with Crippen molar-refractivity contribution in [3.8, 4) is 17.2 Å². The Labute approximate surface area is 171 Å². The van der Waals surface area contributed by atoms with Gasteiger partial charge in [0.25, 0.3) is 5.91 Å². The van der Waals surface area contributed by atoms with Gasteiger partial charge in [-0.05, 0) is 50.2 Å². The van der Waals surface area contributed by atoms with Gasteiger partial charge in [-0.1, -0.05) is 0 Å². The maximum atomic E-state index is 12.9. The molecule has 0 bridgehead atoms. The number of hydrogen-bond acceptors (Lipinski definition) is 6. The molecule has 9 heteroatoms. The van der Waals surface area contributed by atoms with E-state index in [1.54, 1.807) is 32.0 Å². The standard InChI is InChI=1S/C20H26N2O6S/c1-6-21-20(23)17-12-15(8-10-19(17)28-5)29(24,25)22-13(2)16-11-14(26-3)7-9-18(16)27-4/h7-13,22H,6H2,1-5H3,(H,21,23)/t13-/m1/s1. The molecule has 158 valence electrons. The first-order valence-electron chi connectivity index (χ1n) is 8.97. The zero-order chi connectivity index (χ0) is 21.6. The molecular formula is C20H26N2O6S. The van der Waals surface area contributed by atoms with Crippen LogP contribution in [0.25, 0.3) is 0 Å². The monoisotopic (exact) mass is 422 g/mol. The highest BCUT2D eigenvalue weighted by Crippen LogP contribution is 2.30. The molecule has 0 saturated carbocycles. The van der Waals surface area contributed by atoms with Gasteiger partial charge in [-0.3, -0.25) is 4.79 Å². The zero-order valence-corrected chi connectivity index (χ0v) is 17.9. The fraction of sp³-hybridized carbons (Fsp3) is 0.350. The van der Waals surface area contributed by atoms with Crippen molar-refractivity contribution in [2.45, 2.75) is 24.8 Å². The van der Waals surface area contributed by atoms with Gasteiger partial charge < -0.3 is 19.5 Å². The van der Waals surface area contributed by atoms with Crippen molar-refractivity contribution in [2.75, 3.05) is 27.9 Å². The van der Waals surface area contributed by atoms with Crippen molar-refractivity contribution >= 4 is 15.9 Å². The van der Waals surface area contributed by atoms with Crippen LogP contribution in [-0.2, 0) is 10.0 Å². The van der Waals surface area contributed by atoms with Gasteiger partial charge in [0, 0.05) is 18.2 Å². The van der Waals surface area contributed by atoms with Gasteiger partial charge in [-0.25, -0.2) is 13.1 Å². The maximum absolute atomic E-state index is 12.9. The second kappa shape index (κ2) is 9.62. The Morgan fingerprint density at radius 1 is 1.00 bits per heavy atom. The van der Waals surface area contributed by atoms with E-state index in [0.29, 0.717) is 23.6 Å². The third-order valence-corrected chi connectivity index (χ3v) is 5.84. The first-order valence-corrected chi connectivity index (χ1v) is 10.5. The number of hydrogen-bond donors (Lipinski definition) is 2. The lowest BCUT2D eigenvalue weighted by Gasteiger charge is -2.19. The molecule has 0 aromatic heterocycles. The van der Waals surface area contributed by atoms with Gasteiger partial charge >= 0.3 is 0 Å². The molecule has 2 rings (SSSR count). The Kier molecular flexibility index (Phi) is 7.46. The van der Waals surface area contributed by atoms with Crippen LogP contribution < -0.4 is 24.2 Å². The first-order chi connectivity index (χ1) is 13.8. The minimum atomic E-state index is -3.93. The van der Waals surface area contributed by atoms with Crippen LogP contribution in [0, 0.1) is 0 Å². The highest BCUT2D eigenvalue weighted by atomic mass is 32.2. The van der Waals surface area contributed by atoms with Crippen molar-refractivity contribution in [1.29, 1.82) is 0 Å². The van der Waals surface area contributed by atoms with E-state index in [1.165, 1.54) is 39.5 Å². The second-order valence-corrected chi connectivity index (χ2v) is 7.89. The molecule has 0 unspecified atom stereocenters. The Bertz CT molecular complexity index is 975. The number of ether oxygens (including phenoxy) is 3. The molecule has 0 saturated heterocycles. The Morgan fingerprint density at radius 3 is 2.24 bits per heavy atom. The lowest BCUT2D eigenvalue weighted by atomic mass is 10.1. The summed E-state index contributed by atoms with van der Waals surface area (Å²) in [5.41, 5.74) is 0.761. The summed E-state index contributed by atoms with van der Waals surface area (Å²) in [5, 5.41) is 2.64. The zero-order valence-electron chi connectivity index (χ0n) is 17.1. The SMILES string of the molecule is CCNC(=O)c1cc(S(=O)(=O)N[C@H](C)c2cc(OC)ccc2OC)ccc1OC. The Hall–Kier alpha value is -2.78. The van der Waals surface area contributed by atoms with Gasteiger partial charge in [0.15, 0.2) is 0 Å². The molecule has 2 aromatic carbocycles. The summed E-state index contributed by atoms with van der Waals surface area (Å²) in [4.78, 5) is 12.2. The van der Waals surface area contributed by atoms with Crippen LogP contribution in [0.15, 0.2) is 41.3 Å². The van der Waals surface area contributed by atoms with Crippen LogP contribution in [0.3, 0.4) is 0 Å². The lowest BCUT2D eigenvalue weighted by Crippen LogP contribution is -2.28. The summed E-state index contributed by atoms with van der Waals surface area (Å²) in [6.45, 7) is 3.88. The fourth-order valence-corrected chi connectivity index (χ4v) is 4.08. The van der Waals surface area contributed by atoms with Crippen molar-refractivity contribution in [2.24, 2.45) is 0 Å². The maximum Gasteiger partial charge on any atom is 0.255 e. The number of methoxy groups -OCH3 is 3. The van der Waals surface area contributed by atoms with E-state index in [1.807, 2.05) is 0 Å². The average molecular weight is 423 g/mol. The van der Waals surface area contributed by atoms with E-state index < -0.39 is 22.0 Å². The highest BCUT2D eigenvalue weighted by Gasteiger charge is 2.23. The number of benzene rings is 2. The number of sulfonamides is 1.